The van der Waals surface area contributed by atoms with E-state index in [1.807, 2.05) is 14.1 Å². The van der Waals surface area contributed by atoms with Gasteiger partial charge in [0.05, 0.1) is 6.61 Å². The monoisotopic (exact) mass is 181 g/mol. The molecule has 11 heavy (non-hydrogen) atoms. The van der Waals surface area contributed by atoms with Gasteiger partial charge in [-0.25, -0.2) is 4.79 Å². The van der Waals surface area contributed by atoms with E-state index < -0.39 is 0 Å². The van der Waals surface area contributed by atoms with Crippen LogP contribution in [0.15, 0.2) is 12.7 Å². The Morgan fingerprint density at radius 3 is 2.09 bits per heavy atom. The van der Waals surface area contributed by atoms with Crippen LogP contribution in [0.25, 0.3) is 0 Å². The van der Waals surface area contributed by atoms with E-state index in [0.29, 0.717) is 6.61 Å². The summed E-state index contributed by atoms with van der Waals surface area (Å²) in [5, 5.41) is 2.75. The van der Waals surface area contributed by atoms with Crippen LogP contribution in [0.3, 0.4) is 0 Å². The molecule has 0 unspecified atom stereocenters. The quantitative estimate of drug-likeness (QED) is 0.510. The highest BCUT2D eigenvalue weighted by Crippen LogP contribution is 1.74. The number of hydrogen-bond donors (Lipinski definition) is 1. The molecule has 0 saturated heterocycles. The van der Waals surface area contributed by atoms with Gasteiger partial charge < -0.3 is 10.1 Å². The van der Waals surface area contributed by atoms with Gasteiger partial charge in [0.15, 0.2) is 0 Å². The topological polar surface area (TPSA) is 38.3 Å². The second-order valence-electron chi connectivity index (χ2n) is 1.46. The van der Waals surface area contributed by atoms with Gasteiger partial charge in [0.1, 0.15) is 0 Å². The zero-order valence-electron chi connectivity index (χ0n) is 7.22. The molecule has 0 bridgehead atoms. The van der Waals surface area contributed by atoms with E-state index in [0.717, 1.165) is 6.08 Å². The fraction of sp³-hybridized carbons (Fsp3) is 0.571. The van der Waals surface area contributed by atoms with Crippen molar-refractivity contribution in [3.05, 3.63) is 12.7 Å². The third-order valence-electron chi connectivity index (χ3n) is 0.453. The van der Waals surface area contributed by atoms with Crippen molar-refractivity contribution >= 4 is 18.4 Å². The van der Waals surface area contributed by atoms with Crippen molar-refractivity contribution in [3.8, 4) is 0 Å². The van der Waals surface area contributed by atoms with E-state index in [1.54, 1.807) is 6.92 Å². The number of ether oxygens (including phenoxy) is 1. The minimum absolute atomic E-state index is 0. The van der Waals surface area contributed by atoms with Gasteiger partial charge >= 0.3 is 5.97 Å². The molecule has 0 aliphatic rings. The average Bonchev–Trinajstić information content (AvgIpc) is 1.90. The maximum Gasteiger partial charge on any atom is 0.330 e. The fourth-order valence-corrected chi connectivity index (χ4v) is 0.201. The number of carbonyl (C=O) groups is 1. The normalized spacial score (nSPS) is 6.45. The Hall–Kier alpha value is -0.540. The van der Waals surface area contributed by atoms with Crippen molar-refractivity contribution in [2.45, 2.75) is 6.92 Å². The van der Waals surface area contributed by atoms with E-state index in [4.69, 9.17) is 0 Å². The summed E-state index contributed by atoms with van der Waals surface area (Å²) in [6.45, 7) is 5.38. The summed E-state index contributed by atoms with van der Waals surface area (Å²) in [4.78, 5) is 10.1. The Labute approximate surface area is 74.2 Å². The zero-order chi connectivity index (χ0) is 8.41. The molecule has 0 aliphatic heterocycles. The number of halogens is 1. The molecule has 0 radical (unpaired) electrons. The van der Waals surface area contributed by atoms with Gasteiger partial charge in [-0.15, -0.1) is 12.4 Å². The molecule has 4 heteroatoms. The number of rotatable bonds is 2. The van der Waals surface area contributed by atoms with Gasteiger partial charge in [0.25, 0.3) is 0 Å². The third-order valence-corrected chi connectivity index (χ3v) is 0.453. The lowest BCUT2D eigenvalue weighted by atomic mass is 10.6. The van der Waals surface area contributed by atoms with Gasteiger partial charge in [0, 0.05) is 6.08 Å². The molecule has 0 aromatic carbocycles. The number of nitrogens with one attached hydrogen (secondary N) is 1. The van der Waals surface area contributed by atoms with Crippen LogP contribution in [0.2, 0.25) is 0 Å². The van der Waals surface area contributed by atoms with E-state index in [-0.39, 0.29) is 18.4 Å². The second kappa shape index (κ2) is 16.2. The minimum Gasteiger partial charge on any atom is -0.463 e. The molecule has 0 spiro atoms. The largest absolute Gasteiger partial charge is 0.463 e. The van der Waals surface area contributed by atoms with Crippen LogP contribution in [0.5, 0.6) is 0 Å². The van der Waals surface area contributed by atoms with E-state index in [2.05, 4.69) is 16.6 Å². The lowest BCUT2D eigenvalue weighted by molar-refractivity contribution is -0.137. The van der Waals surface area contributed by atoms with Crippen molar-refractivity contribution in [1.29, 1.82) is 0 Å². The Morgan fingerprint density at radius 1 is 1.64 bits per heavy atom. The number of hydrogen-bond acceptors (Lipinski definition) is 3. The molecule has 0 aromatic rings. The minimum atomic E-state index is -0.359. The van der Waals surface area contributed by atoms with Crippen LogP contribution in [0.4, 0.5) is 0 Å². The Bertz CT molecular complexity index is 96.4. The molecule has 1 N–H and O–H groups in total. The van der Waals surface area contributed by atoms with Gasteiger partial charge in [-0.05, 0) is 21.0 Å². The summed E-state index contributed by atoms with van der Waals surface area (Å²) in [6.07, 6.45) is 1.14. The molecule has 0 saturated carbocycles. The number of carbonyl (C=O) groups excluding carboxylic acids is 1. The Balaban J connectivity index is -0.000000140. The van der Waals surface area contributed by atoms with Crippen LogP contribution < -0.4 is 5.32 Å². The molecule has 0 aliphatic carbocycles. The van der Waals surface area contributed by atoms with Crippen LogP contribution >= 0.6 is 12.4 Å². The van der Waals surface area contributed by atoms with Gasteiger partial charge in [-0.3, -0.25) is 0 Å². The molecular weight excluding hydrogens is 166 g/mol. The van der Waals surface area contributed by atoms with Gasteiger partial charge in [-0.1, -0.05) is 6.58 Å². The first-order chi connectivity index (χ1) is 4.72. The lowest BCUT2D eigenvalue weighted by Crippen LogP contribution is -1.97. The predicted molar refractivity (Wildman–Crippen MR) is 49.1 cm³/mol. The second-order valence-corrected chi connectivity index (χ2v) is 1.46. The molecule has 0 heterocycles. The molecule has 0 aromatic heterocycles. The third kappa shape index (κ3) is 26.5. The summed E-state index contributed by atoms with van der Waals surface area (Å²) in [6, 6.07) is 0. The summed E-state index contributed by atoms with van der Waals surface area (Å²) < 4.78 is 4.43. The van der Waals surface area contributed by atoms with Crippen molar-refractivity contribution in [1.82, 2.24) is 5.32 Å². The molecule has 0 atom stereocenters. The van der Waals surface area contributed by atoms with E-state index in [9.17, 15) is 4.79 Å². The molecule has 68 valence electrons. The first kappa shape index (κ1) is 16.8. The summed E-state index contributed by atoms with van der Waals surface area (Å²) in [7, 11) is 3.75. The van der Waals surface area contributed by atoms with Crippen LogP contribution in [-0.2, 0) is 9.53 Å². The van der Waals surface area contributed by atoms with E-state index in [1.165, 1.54) is 0 Å². The standard InChI is InChI=1S/C5H8O2.C2H7N.ClH/c1-3-5(6)7-4-2;1-3-2;/h3H,1,4H2,2H3;3H,1-2H3;1H. The van der Waals surface area contributed by atoms with Crippen molar-refractivity contribution in [3.63, 3.8) is 0 Å². The first-order valence-electron chi connectivity index (χ1n) is 3.10. The fourth-order valence-electron chi connectivity index (χ4n) is 0.201. The molecule has 0 amide bonds. The van der Waals surface area contributed by atoms with Crippen molar-refractivity contribution in [2.75, 3.05) is 20.7 Å². The van der Waals surface area contributed by atoms with Crippen LogP contribution in [0, 0.1) is 0 Å². The Morgan fingerprint density at radius 2 is 2.00 bits per heavy atom. The van der Waals surface area contributed by atoms with Gasteiger partial charge in [0.2, 0.25) is 0 Å². The summed E-state index contributed by atoms with van der Waals surface area (Å²) >= 11 is 0. The highest BCUT2D eigenvalue weighted by Gasteiger charge is 1.86. The maximum atomic E-state index is 10.1. The van der Waals surface area contributed by atoms with Crippen LogP contribution in [-0.4, -0.2) is 26.7 Å². The maximum absolute atomic E-state index is 10.1. The summed E-state index contributed by atoms with van der Waals surface area (Å²) in [5.41, 5.74) is 0. The smallest absolute Gasteiger partial charge is 0.330 e. The first-order valence-corrected chi connectivity index (χ1v) is 3.10. The highest BCUT2D eigenvalue weighted by molar-refractivity contribution is 5.85. The molecule has 0 fully saturated rings. The zero-order valence-corrected chi connectivity index (χ0v) is 8.03. The van der Waals surface area contributed by atoms with Gasteiger partial charge in [-0.2, -0.15) is 0 Å². The average molecular weight is 182 g/mol. The molecule has 0 rings (SSSR count). The lowest BCUT2D eigenvalue weighted by Gasteiger charge is -1.90. The Kier molecular flexibility index (Phi) is 24.8. The van der Waals surface area contributed by atoms with Crippen LogP contribution in [0.1, 0.15) is 6.92 Å². The number of esters is 1. The SMILES string of the molecule is C=CC(=O)OCC.CNC.Cl. The van der Waals surface area contributed by atoms with Crippen molar-refractivity contribution in [2.24, 2.45) is 0 Å². The molecular formula is C7H16ClNO2. The van der Waals surface area contributed by atoms with E-state index >= 15 is 0 Å². The van der Waals surface area contributed by atoms with Crippen molar-refractivity contribution < 1.29 is 9.53 Å². The highest BCUT2D eigenvalue weighted by atomic mass is 35.5. The summed E-state index contributed by atoms with van der Waals surface area (Å²) in [5.74, 6) is -0.359. The molecule has 3 nitrogen and oxygen atoms in total. The predicted octanol–water partition coefficient (Wildman–Crippen LogP) is 0.993.